The Hall–Kier alpha value is -0.910. The molecule has 0 bridgehead atoms. The molecule has 0 spiro atoms. The summed E-state index contributed by atoms with van der Waals surface area (Å²) in [5.74, 6) is -0.149. The minimum atomic E-state index is -0.458. The summed E-state index contributed by atoms with van der Waals surface area (Å²) in [7, 11) is 0. The van der Waals surface area contributed by atoms with Gasteiger partial charge in [-0.3, -0.25) is 4.79 Å². The lowest BCUT2D eigenvalue weighted by atomic mass is 10.2. The lowest BCUT2D eigenvalue weighted by molar-refractivity contribution is -0.115. The molecule has 4 nitrogen and oxygen atoms in total. The molecular weight excluding hydrogens is 284 g/mol. The minimum Gasteiger partial charge on any atom is -0.399 e. The number of nitrogens with one attached hydrogen (secondary N) is 1. The predicted molar refractivity (Wildman–Crippen MR) is 82.7 cm³/mol. The Balaban J connectivity index is 2.63. The Morgan fingerprint density at radius 3 is 2.58 bits per heavy atom. The maximum Gasteiger partial charge on any atom is 0.237 e. The molecule has 1 rings (SSSR count). The van der Waals surface area contributed by atoms with Gasteiger partial charge in [0, 0.05) is 10.9 Å². The topological polar surface area (TPSA) is 75.3 Å². The van der Waals surface area contributed by atoms with Crippen LogP contribution in [0.5, 0.6) is 0 Å². The summed E-state index contributed by atoms with van der Waals surface area (Å²) in [6, 6.07) is 4.94. The van der Waals surface area contributed by atoms with Gasteiger partial charge in [-0.25, -0.2) is 0 Å². The summed E-state index contributed by atoms with van der Waals surface area (Å²) in [5.41, 5.74) is 6.68. The number of hydrogen-bond donors (Lipinski definition) is 3. The second-order valence-electron chi connectivity index (χ2n) is 4.45. The molecule has 0 saturated carbocycles. The van der Waals surface area contributed by atoms with E-state index in [4.69, 9.17) is 17.3 Å². The molecule has 1 aromatic carbocycles. The second-order valence-corrected chi connectivity index (χ2v) is 6.58. The van der Waals surface area contributed by atoms with E-state index in [0.29, 0.717) is 16.4 Å². The zero-order chi connectivity index (χ0) is 14.6. The van der Waals surface area contributed by atoms with Gasteiger partial charge < -0.3 is 16.2 Å². The van der Waals surface area contributed by atoms with Crippen molar-refractivity contribution in [3.63, 3.8) is 0 Å². The van der Waals surface area contributed by atoms with E-state index >= 15 is 0 Å². The normalized spacial score (nSPS) is 15.6. The van der Waals surface area contributed by atoms with Gasteiger partial charge in [-0.1, -0.05) is 18.5 Å². The largest absolute Gasteiger partial charge is 0.399 e. The standard InChI is InChI=1S/C13H19ClN2O2S/c1-7(17)8(2)19-9(3)13(18)16-12-5-4-10(15)6-11(12)14/h4-9,17H,15H2,1-3H3,(H,16,18). The molecule has 3 unspecified atom stereocenters. The van der Waals surface area contributed by atoms with Crippen LogP contribution in [-0.2, 0) is 4.79 Å². The molecule has 19 heavy (non-hydrogen) atoms. The van der Waals surface area contributed by atoms with E-state index in [1.165, 1.54) is 11.8 Å². The Morgan fingerprint density at radius 1 is 1.42 bits per heavy atom. The highest BCUT2D eigenvalue weighted by Gasteiger charge is 2.20. The zero-order valence-corrected chi connectivity index (χ0v) is 12.8. The molecule has 0 saturated heterocycles. The van der Waals surface area contributed by atoms with Crippen molar-refractivity contribution >= 4 is 40.6 Å². The summed E-state index contributed by atoms with van der Waals surface area (Å²) in [5, 5.41) is 12.3. The fraction of sp³-hybridized carbons (Fsp3) is 0.462. The summed E-state index contributed by atoms with van der Waals surface area (Å²) in [4.78, 5) is 12.0. The lowest BCUT2D eigenvalue weighted by Crippen LogP contribution is -2.27. The highest BCUT2D eigenvalue weighted by atomic mass is 35.5. The van der Waals surface area contributed by atoms with E-state index in [0.717, 1.165) is 0 Å². The molecule has 0 aromatic heterocycles. The number of anilines is 2. The molecule has 106 valence electrons. The fourth-order valence-corrected chi connectivity index (χ4v) is 2.65. The Morgan fingerprint density at radius 2 is 2.05 bits per heavy atom. The second kappa shape index (κ2) is 7.03. The first kappa shape index (κ1) is 16.1. The molecule has 0 aliphatic rings. The van der Waals surface area contributed by atoms with E-state index < -0.39 is 6.10 Å². The fourth-order valence-electron chi connectivity index (χ4n) is 1.36. The molecule has 0 aliphatic heterocycles. The molecule has 0 heterocycles. The van der Waals surface area contributed by atoms with Crippen molar-refractivity contribution in [2.45, 2.75) is 37.4 Å². The summed E-state index contributed by atoms with van der Waals surface area (Å²) in [6.07, 6.45) is -0.458. The quantitative estimate of drug-likeness (QED) is 0.731. The maximum absolute atomic E-state index is 12.0. The third kappa shape index (κ3) is 4.93. The van der Waals surface area contributed by atoms with E-state index in [-0.39, 0.29) is 16.4 Å². The molecule has 1 amide bonds. The summed E-state index contributed by atoms with van der Waals surface area (Å²) < 4.78 is 0. The molecule has 0 radical (unpaired) electrons. The first-order valence-electron chi connectivity index (χ1n) is 6.00. The van der Waals surface area contributed by atoms with Crippen LogP contribution in [0.3, 0.4) is 0 Å². The first-order chi connectivity index (χ1) is 8.81. The van der Waals surface area contributed by atoms with Crippen molar-refractivity contribution in [3.8, 4) is 0 Å². The molecule has 3 atom stereocenters. The Labute approximate surface area is 122 Å². The van der Waals surface area contributed by atoms with E-state index in [1.54, 1.807) is 32.0 Å². The van der Waals surface area contributed by atoms with Crippen LogP contribution < -0.4 is 11.1 Å². The van der Waals surface area contributed by atoms with Crippen molar-refractivity contribution in [3.05, 3.63) is 23.2 Å². The first-order valence-corrected chi connectivity index (χ1v) is 7.32. The van der Waals surface area contributed by atoms with Crippen LogP contribution in [0.15, 0.2) is 18.2 Å². The van der Waals surface area contributed by atoms with Crippen LogP contribution in [0.2, 0.25) is 5.02 Å². The van der Waals surface area contributed by atoms with Gasteiger partial charge in [-0.2, -0.15) is 0 Å². The summed E-state index contributed by atoms with van der Waals surface area (Å²) >= 11 is 7.41. The van der Waals surface area contributed by atoms with Crippen molar-refractivity contribution in [2.24, 2.45) is 0 Å². The van der Waals surface area contributed by atoms with Crippen LogP contribution in [0, 0.1) is 0 Å². The van der Waals surface area contributed by atoms with Gasteiger partial charge in [0.15, 0.2) is 0 Å². The van der Waals surface area contributed by atoms with Gasteiger partial charge >= 0.3 is 0 Å². The van der Waals surface area contributed by atoms with Crippen LogP contribution in [-0.4, -0.2) is 27.6 Å². The average molecular weight is 303 g/mol. The van der Waals surface area contributed by atoms with Crippen LogP contribution in [0.1, 0.15) is 20.8 Å². The number of aliphatic hydroxyl groups is 1. The molecule has 0 fully saturated rings. The Bertz CT molecular complexity index is 454. The molecule has 4 N–H and O–H groups in total. The lowest BCUT2D eigenvalue weighted by Gasteiger charge is -2.19. The highest BCUT2D eigenvalue weighted by molar-refractivity contribution is 8.01. The number of hydrogen-bond acceptors (Lipinski definition) is 4. The molecule has 6 heteroatoms. The van der Waals surface area contributed by atoms with Crippen molar-refractivity contribution in [1.29, 1.82) is 0 Å². The van der Waals surface area contributed by atoms with E-state index in [1.807, 2.05) is 6.92 Å². The number of halogens is 1. The van der Waals surface area contributed by atoms with Crippen LogP contribution in [0.4, 0.5) is 11.4 Å². The van der Waals surface area contributed by atoms with Crippen LogP contribution >= 0.6 is 23.4 Å². The smallest absolute Gasteiger partial charge is 0.237 e. The number of carbonyl (C=O) groups is 1. The number of rotatable bonds is 5. The number of amides is 1. The van der Waals surface area contributed by atoms with Gasteiger partial charge in [-0.05, 0) is 32.0 Å². The van der Waals surface area contributed by atoms with Gasteiger partial charge in [0.25, 0.3) is 0 Å². The van der Waals surface area contributed by atoms with Crippen molar-refractivity contribution in [2.75, 3.05) is 11.1 Å². The number of thioether (sulfide) groups is 1. The number of benzene rings is 1. The number of aliphatic hydroxyl groups excluding tert-OH is 1. The third-order valence-electron chi connectivity index (χ3n) is 2.72. The van der Waals surface area contributed by atoms with Crippen molar-refractivity contribution < 1.29 is 9.90 Å². The van der Waals surface area contributed by atoms with E-state index in [9.17, 15) is 9.90 Å². The SMILES string of the molecule is CC(SC(C)C(C)O)C(=O)Nc1ccc(N)cc1Cl. The molecule has 0 aliphatic carbocycles. The summed E-state index contributed by atoms with van der Waals surface area (Å²) in [6.45, 7) is 5.39. The number of nitrogens with two attached hydrogens (primary N) is 1. The minimum absolute atomic E-state index is 0.0114. The van der Waals surface area contributed by atoms with Crippen molar-refractivity contribution in [1.82, 2.24) is 0 Å². The van der Waals surface area contributed by atoms with Gasteiger partial charge in [0.05, 0.1) is 22.1 Å². The van der Waals surface area contributed by atoms with Gasteiger partial charge in [0.1, 0.15) is 0 Å². The van der Waals surface area contributed by atoms with Gasteiger partial charge in [0.2, 0.25) is 5.91 Å². The number of nitrogen functional groups attached to an aromatic ring is 1. The third-order valence-corrected chi connectivity index (χ3v) is 4.48. The monoisotopic (exact) mass is 302 g/mol. The van der Waals surface area contributed by atoms with Gasteiger partial charge in [-0.15, -0.1) is 11.8 Å². The van der Waals surface area contributed by atoms with Crippen LogP contribution in [0.25, 0.3) is 0 Å². The van der Waals surface area contributed by atoms with E-state index in [2.05, 4.69) is 5.32 Å². The number of carbonyl (C=O) groups excluding carboxylic acids is 1. The predicted octanol–water partition coefficient (Wildman–Crippen LogP) is 2.75. The Kier molecular flexibility index (Phi) is 5.97. The molecule has 1 aromatic rings. The molecular formula is C13H19ClN2O2S. The maximum atomic E-state index is 12.0. The average Bonchev–Trinajstić information content (AvgIpc) is 2.32. The highest BCUT2D eigenvalue weighted by Crippen LogP contribution is 2.26. The zero-order valence-electron chi connectivity index (χ0n) is 11.2.